The van der Waals surface area contributed by atoms with Gasteiger partial charge in [0.15, 0.2) is 0 Å². The normalized spacial score (nSPS) is 31.9. The maximum Gasteiger partial charge on any atom is 0.0621 e. The first kappa shape index (κ1) is 14.0. The predicted octanol–water partition coefficient (Wildman–Crippen LogP) is 2.95. The van der Waals surface area contributed by atoms with E-state index in [0.717, 1.165) is 12.3 Å². The second kappa shape index (κ2) is 5.50. The van der Waals surface area contributed by atoms with Crippen LogP contribution in [0, 0.1) is 11.3 Å². The molecule has 0 aromatic rings. The Morgan fingerprint density at radius 2 is 1.94 bits per heavy atom. The monoisotopic (exact) mass is 227 g/mol. The molecule has 4 atom stereocenters. The quantitative estimate of drug-likeness (QED) is 0.731. The Hall–Kier alpha value is -0.0800. The van der Waals surface area contributed by atoms with Gasteiger partial charge in [0, 0.05) is 17.5 Å². The Bertz CT molecular complexity index is 215. The van der Waals surface area contributed by atoms with Crippen LogP contribution in [0.15, 0.2) is 0 Å². The van der Waals surface area contributed by atoms with Gasteiger partial charge in [-0.2, -0.15) is 0 Å². The average Bonchev–Trinajstić information content (AvgIpc) is 2.26. The first-order chi connectivity index (χ1) is 7.41. The van der Waals surface area contributed by atoms with Crippen LogP contribution in [-0.4, -0.2) is 23.3 Å². The van der Waals surface area contributed by atoms with Crippen LogP contribution in [0.2, 0.25) is 0 Å². The zero-order valence-corrected chi connectivity index (χ0v) is 11.6. The molecule has 1 aliphatic carbocycles. The highest BCUT2D eigenvalue weighted by atomic mass is 16.3. The third-order valence-electron chi connectivity index (χ3n) is 4.53. The minimum absolute atomic E-state index is 0.0584. The number of hydrogen-bond donors (Lipinski definition) is 2. The highest BCUT2D eigenvalue weighted by Gasteiger charge is 2.47. The van der Waals surface area contributed by atoms with Gasteiger partial charge in [-0.05, 0) is 25.2 Å². The van der Waals surface area contributed by atoms with Crippen LogP contribution in [0.25, 0.3) is 0 Å². The van der Waals surface area contributed by atoms with Gasteiger partial charge < -0.3 is 10.4 Å². The predicted molar refractivity (Wildman–Crippen MR) is 69.5 cm³/mol. The molecule has 0 aromatic heterocycles. The minimum atomic E-state index is -0.119. The topological polar surface area (TPSA) is 32.3 Å². The van der Waals surface area contributed by atoms with E-state index in [2.05, 4.69) is 39.9 Å². The molecule has 2 N–H and O–H groups in total. The zero-order chi connectivity index (χ0) is 12.3. The molecule has 1 fully saturated rings. The van der Waals surface area contributed by atoms with Crippen molar-refractivity contribution in [2.24, 2.45) is 11.3 Å². The lowest BCUT2D eigenvalue weighted by molar-refractivity contribution is -0.0766. The Morgan fingerprint density at radius 3 is 2.31 bits per heavy atom. The molecule has 1 rings (SSSR count). The van der Waals surface area contributed by atoms with Crippen molar-refractivity contribution < 1.29 is 5.11 Å². The van der Waals surface area contributed by atoms with Crippen LogP contribution in [-0.2, 0) is 0 Å². The van der Waals surface area contributed by atoms with Crippen LogP contribution >= 0.6 is 0 Å². The molecular formula is C14H29NO. The number of aliphatic hydroxyl groups is 1. The molecule has 96 valence electrons. The fourth-order valence-corrected chi connectivity index (χ4v) is 2.47. The standard InChI is InChI=1S/C14H29NO/c1-6-10(3)8-11(7-2)15-12-9-13(16)14(12,4)5/h10-13,15-16H,6-9H2,1-5H3. The van der Waals surface area contributed by atoms with Gasteiger partial charge in [0.2, 0.25) is 0 Å². The van der Waals surface area contributed by atoms with E-state index < -0.39 is 0 Å². The van der Waals surface area contributed by atoms with Crippen molar-refractivity contribution in [1.82, 2.24) is 5.32 Å². The lowest BCUT2D eigenvalue weighted by atomic mass is 9.64. The average molecular weight is 227 g/mol. The van der Waals surface area contributed by atoms with Gasteiger partial charge >= 0.3 is 0 Å². The highest BCUT2D eigenvalue weighted by Crippen LogP contribution is 2.40. The molecule has 1 aliphatic rings. The van der Waals surface area contributed by atoms with Crippen LogP contribution in [0.1, 0.15) is 60.3 Å². The van der Waals surface area contributed by atoms with Gasteiger partial charge in [-0.15, -0.1) is 0 Å². The maximum absolute atomic E-state index is 9.72. The maximum atomic E-state index is 9.72. The first-order valence-electron chi connectivity index (χ1n) is 6.85. The van der Waals surface area contributed by atoms with E-state index in [1.807, 2.05) is 0 Å². The van der Waals surface area contributed by atoms with Gasteiger partial charge in [-0.25, -0.2) is 0 Å². The Labute approximate surface area is 101 Å². The lowest BCUT2D eigenvalue weighted by Gasteiger charge is -2.51. The fourth-order valence-electron chi connectivity index (χ4n) is 2.47. The molecule has 0 amide bonds. The van der Waals surface area contributed by atoms with Gasteiger partial charge in [0.25, 0.3) is 0 Å². The van der Waals surface area contributed by atoms with Crippen molar-refractivity contribution >= 4 is 0 Å². The number of rotatable bonds is 6. The molecule has 2 nitrogen and oxygen atoms in total. The SMILES string of the molecule is CCC(C)CC(CC)NC1CC(O)C1(C)C. The van der Waals surface area contributed by atoms with Crippen molar-refractivity contribution in [3.63, 3.8) is 0 Å². The molecule has 16 heavy (non-hydrogen) atoms. The molecule has 1 saturated carbocycles. The van der Waals surface area contributed by atoms with Crippen molar-refractivity contribution in [3.05, 3.63) is 0 Å². The van der Waals surface area contributed by atoms with Gasteiger partial charge in [-0.3, -0.25) is 0 Å². The summed E-state index contributed by atoms with van der Waals surface area (Å²) in [5, 5.41) is 13.4. The Morgan fingerprint density at radius 1 is 1.31 bits per heavy atom. The second-order valence-electron chi connectivity index (χ2n) is 6.15. The Kier molecular flexibility index (Phi) is 4.81. The van der Waals surface area contributed by atoms with E-state index in [1.54, 1.807) is 0 Å². The van der Waals surface area contributed by atoms with E-state index in [0.29, 0.717) is 12.1 Å². The summed E-state index contributed by atoms with van der Waals surface area (Å²) in [5.74, 6) is 0.797. The molecule has 0 aliphatic heterocycles. The number of aliphatic hydroxyl groups excluding tert-OH is 1. The molecule has 0 heterocycles. The summed E-state index contributed by atoms with van der Waals surface area (Å²) in [6, 6.07) is 1.11. The molecule has 0 saturated heterocycles. The molecule has 0 radical (unpaired) electrons. The smallest absolute Gasteiger partial charge is 0.0621 e. The summed E-state index contributed by atoms with van der Waals surface area (Å²) in [5.41, 5.74) is 0.0584. The van der Waals surface area contributed by atoms with Crippen LogP contribution in [0.4, 0.5) is 0 Å². The van der Waals surface area contributed by atoms with Crippen molar-refractivity contribution in [1.29, 1.82) is 0 Å². The van der Waals surface area contributed by atoms with Crippen LogP contribution < -0.4 is 5.32 Å². The van der Waals surface area contributed by atoms with E-state index in [1.165, 1.54) is 19.3 Å². The molecule has 4 unspecified atom stereocenters. The summed E-state index contributed by atoms with van der Waals surface area (Å²) >= 11 is 0. The van der Waals surface area contributed by atoms with Gasteiger partial charge in [-0.1, -0.05) is 41.0 Å². The third-order valence-corrected chi connectivity index (χ3v) is 4.53. The molecule has 0 spiro atoms. The third kappa shape index (κ3) is 2.98. The Balaban J connectivity index is 2.40. The summed E-state index contributed by atoms with van der Waals surface area (Å²) in [6.07, 6.45) is 4.51. The highest BCUT2D eigenvalue weighted by molar-refractivity contribution is 5.02. The minimum Gasteiger partial charge on any atom is -0.392 e. The largest absolute Gasteiger partial charge is 0.392 e. The molecular weight excluding hydrogens is 198 g/mol. The van der Waals surface area contributed by atoms with Gasteiger partial charge in [0.05, 0.1) is 6.10 Å². The summed E-state index contributed by atoms with van der Waals surface area (Å²) in [6.45, 7) is 11.2. The summed E-state index contributed by atoms with van der Waals surface area (Å²) in [7, 11) is 0. The van der Waals surface area contributed by atoms with E-state index >= 15 is 0 Å². The summed E-state index contributed by atoms with van der Waals surface area (Å²) < 4.78 is 0. The van der Waals surface area contributed by atoms with Crippen LogP contribution in [0.3, 0.4) is 0 Å². The van der Waals surface area contributed by atoms with Crippen molar-refractivity contribution in [2.75, 3.05) is 0 Å². The van der Waals surface area contributed by atoms with Crippen LogP contribution in [0.5, 0.6) is 0 Å². The first-order valence-corrected chi connectivity index (χ1v) is 6.85. The molecule has 0 aromatic carbocycles. The van der Waals surface area contributed by atoms with Crippen molar-refractivity contribution in [3.8, 4) is 0 Å². The number of nitrogens with one attached hydrogen (secondary N) is 1. The molecule has 0 bridgehead atoms. The number of hydrogen-bond acceptors (Lipinski definition) is 2. The van der Waals surface area contributed by atoms with E-state index in [9.17, 15) is 5.11 Å². The summed E-state index contributed by atoms with van der Waals surface area (Å²) in [4.78, 5) is 0. The second-order valence-corrected chi connectivity index (χ2v) is 6.15. The molecule has 2 heteroatoms. The van der Waals surface area contributed by atoms with Crippen molar-refractivity contribution in [2.45, 2.75) is 78.5 Å². The fraction of sp³-hybridized carbons (Fsp3) is 1.00. The van der Waals surface area contributed by atoms with Gasteiger partial charge in [0.1, 0.15) is 0 Å². The zero-order valence-electron chi connectivity index (χ0n) is 11.6. The lowest BCUT2D eigenvalue weighted by Crippen LogP contribution is -2.62. The van der Waals surface area contributed by atoms with E-state index in [4.69, 9.17) is 0 Å². The van der Waals surface area contributed by atoms with E-state index in [-0.39, 0.29) is 11.5 Å².